The highest BCUT2D eigenvalue weighted by Gasteiger charge is 2.15. The number of rotatable bonds is 4. The monoisotopic (exact) mass is 275 g/mol. The smallest absolute Gasteiger partial charge is 0.243 e. The molecule has 1 N–H and O–H groups in total. The van der Waals surface area contributed by atoms with Gasteiger partial charge in [0.1, 0.15) is 0 Å². The van der Waals surface area contributed by atoms with Crippen molar-refractivity contribution in [1.29, 1.82) is 0 Å². The first-order valence-electron chi connectivity index (χ1n) is 7.11. The number of anilines is 1. The maximum absolute atomic E-state index is 5.36. The van der Waals surface area contributed by atoms with Crippen LogP contribution in [0.25, 0.3) is 5.65 Å². The highest BCUT2D eigenvalue weighted by Crippen LogP contribution is 2.11. The molecule has 6 nitrogen and oxygen atoms in total. The molecular weight excluding hydrogens is 254 g/mol. The lowest BCUT2D eigenvalue weighted by atomic mass is 10.3. The number of hydrogen-bond donors (Lipinski definition) is 1. The predicted octanol–water partition coefficient (Wildman–Crippen LogP) is 1.17. The van der Waals surface area contributed by atoms with Gasteiger partial charge in [0.25, 0.3) is 0 Å². The zero-order valence-electron chi connectivity index (χ0n) is 12.0. The largest absolute Gasteiger partial charge is 0.379 e. The number of morpholine rings is 1. The second kappa shape index (κ2) is 5.76. The van der Waals surface area contributed by atoms with E-state index in [2.05, 4.69) is 27.2 Å². The summed E-state index contributed by atoms with van der Waals surface area (Å²) in [5.41, 5.74) is 2.04. The Kier molecular flexibility index (Phi) is 3.84. The van der Waals surface area contributed by atoms with Gasteiger partial charge in [-0.25, -0.2) is 4.52 Å². The number of aryl methyl sites for hydroxylation is 1. The fraction of sp³-hybridized carbons (Fsp3) is 0.571. The van der Waals surface area contributed by atoms with E-state index in [0.29, 0.717) is 12.0 Å². The highest BCUT2D eigenvalue weighted by atomic mass is 16.5. The predicted molar refractivity (Wildman–Crippen MR) is 78.1 cm³/mol. The van der Waals surface area contributed by atoms with Crippen molar-refractivity contribution in [3.63, 3.8) is 0 Å². The van der Waals surface area contributed by atoms with Crippen LogP contribution in [0.5, 0.6) is 0 Å². The summed E-state index contributed by atoms with van der Waals surface area (Å²) >= 11 is 0. The van der Waals surface area contributed by atoms with E-state index in [1.54, 1.807) is 0 Å². The van der Waals surface area contributed by atoms with E-state index in [4.69, 9.17) is 4.74 Å². The van der Waals surface area contributed by atoms with Crippen LogP contribution < -0.4 is 5.32 Å². The molecule has 0 radical (unpaired) electrons. The summed E-state index contributed by atoms with van der Waals surface area (Å²) in [5.74, 6) is 0.694. The van der Waals surface area contributed by atoms with Gasteiger partial charge in [-0.05, 0) is 25.5 Å². The third kappa shape index (κ3) is 2.91. The minimum absolute atomic E-state index is 0.311. The second-order valence-electron chi connectivity index (χ2n) is 5.35. The molecule has 2 aromatic heterocycles. The Bertz CT molecular complexity index is 576. The van der Waals surface area contributed by atoms with Crippen LogP contribution >= 0.6 is 0 Å². The van der Waals surface area contributed by atoms with Crippen LogP contribution in [0.3, 0.4) is 0 Å². The van der Waals surface area contributed by atoms with Gasteiger partial charge in [0, 0.05) is 31.9 Å². The van der Waals surface area contributed by atoms with Crippen molar-refractivity contribution in [3.8, 4) is 0 Å². The molecule has 1 fully saturated rings. The van der Waals surface area contributed by atoms with Crippen molar-refractivity contribution in [2.45, 2.75) is 19.9 Å². The highest BCUT2D eigenvalue weighted by molar-refractivity contribution is 5.49. The molecule has 0 aliphatic carbocycles. The van der Waals surface area contributed by atoms with Gasteiger partial charge in [0.05, 0.1) is 13.2 Å². The number of ether oxygens (including phenoxy) is 1. The molecule has 3 rings (SSSR count). The SMILES string of the molecule is Cc1cccn2nc(NC(C)CN3CCOCC3)nc12. The molecular formula is C14H21N5O. The van der Waals surface area contributed by atoms with Crippen LogP contribution in [0.1, 0.15) is 12.5 Å². The van der Waals surface area contributed by atoms with Crippen LogP contribution in [0, 0.1) is 6.92 Å². The molecule has 1 saturated heterocycles. The Morgan fingerprint density at radius 1 is 1.40 bits per heavy atom. The Labute approximate surface area is 118 Å². The van der Waals surface area contributed by atoms with E-state index in [1.807, 2.05) is 29.8 Å². The van der Waals surface area contributed by atoms with Crippen LogP contribution in [0.4, 0.5) is 5.95 Å². The Morgan fingerprint density at radius 3 is 2.95 bits per heavy atom. The average Bonchev–Trinajstić information content (AvgIpc) is 2.83. The first-order valence-corrected chi connectivity index (χ1v) is 7.11. The molecule has 0 aromatic carbocycles. The first kappa shape index (κ1) is 13.3. The summed E-state index contributed by atoms with van der Waals surface area (Å²) in [4.78, 5) is 6.95. The summed E-state index contributed by atoms with van der Waals surface area (Å²) in [5, 5.41) is 7.84. The van der Waals surface area contributed by atoms with Crippen LogP contribution in [0.15, 0.2) is 18.3 Å². The molecule has 3 heterocycles. The Hall–Kier alpha value is -1.66. The zero-order valence-corrected chi connectivity index (χ0v) is 12.0. The van der Waals surface area contributed by atoms with E-state index < -0.39 is 0 Å². The summed E-state index contributed by atoms with van der Waals surface area (Å²) in [6.07, 6.45) is 1.92. The molecule has 0 bridgehead atoms. The second-order valence-corrected chi connectivity index (χ2v) is 5.35. The molecule has 1 aliphatic heterocycles. The van der Waals surface area contributed by atoms with Gasteiger partial charge in [-0.1, -0.05) is 6.07 Å². The minimum atomic E-state index is 0.311. The van der Waals surface area contributed by atoms with E-state index >= 15 is 0 Å². The quantitative estimate of drug-likeness (QED) is 0.908. The van der Waals surface area contributed by atoms with Gasteiger partial charge < -0.3 is 10.1 Å². The first-order chi connectivity index (χ1) is 9.72. The van der Waals surface area contributed by atoms with Crippen LogP contribution in [-0.2, 0) is 4.74 Å². The summed E-state index contributed by atoms with van der Waals surface area (Å²) < 4.78 is 7.18. The lowest BCUT2D eigenvalue weighted by Crippen LogP contribution is -2.42. The van der Waals surface area contributed by atoms with Gasteiger partial charge in [0.15, 0.2) is 5.65 Å². The molecule has 0 spiro atoms. The number of hydrogen-bond acceptors (Lipinski definition) is 5. The maximum atomic E-state index is 5.36. The van der Waals surface area contributed by atoms with Gasteiger partial charge in [-0.2, -0.15) is 4.98 Å². The summed E-state index contributed by atoms with van der Waals surface area (Å²) in [7, 11) is 0. The third-order valence-corrected chi connectivity index (χ3v) is 3.57. The fourth-order valence-electron chi connectivity index (χ4n) is 2.54. The van der Waals surface area contributed by atoms with E-state index in [-0.39, 0.29) is 0 Å². The van der Waals surface area contributed by atoms with Crippen molar-refractivity contribution in [3.05, 3.63) is 23.9 Å². The number of fused-ring (bicyclic) bond motifs is 1. The van der Waals surface area contributed by atoms with Crippen LogP contribution in [-0.4, -0.2) is 58.4 Å². The average molecular weight is 275 g/mol. The third-order valence-electron chi connectivity index (χ3n) is 3.57. The van der Waals surface area contributed by atoms with Gasteiger partial charge in [0.2, 0.25) is 5.95 Å². The number of aromatic nitrogens is 3. The molecule has 2 aromatic rings. The lowest BCUT2D eigenvalue weighted by Gasteiger charge is -2.29. The molecule has 1 unspecified atom stereocenters. The maximum Gasteiger partial charge on any atom is 0.243 e. The van der Waals surface area contributed by atoms with Crippen molar-refractivity contribution < 1.29 is 4.74 Å². The minimum Gasteiger partial charge on any atom is -0.379 e. The topological polar surface area (TPSA) is 54.7 Å². The van der Waals surface area contributed by atoms with E-state index in [0.717, 1.165) is 44.1 Å². The standard InChI is InChI=1S/C14H21N5O/c1-11-4-3-5-19-13(11)16-14(17-19)15-12(2)10-18-6-8-20-9-7-18/h3-5,12H,6-10H2,1-2H3,(H,15,17). The van der Waals surface area contributed by atoms with Crippen molar-refractivity contribution in [2.75, 3.05) is 38.2 Å². The van der Waals surface area contributed by atoms with Crippen molar-refractivity contribution in [2.24, 2.45) is 0 Å². The molecule has 1 atom stereocenters. The van der Waals surface area contributed by atoms with Gasteiger partial charge in [-0.3, -0.25) is 4.90 Å². The molecule has 108 valence electrons. The van der Waals surface area contributed by atoms with E-state index in [1.165, 1.54) is 0 Å². The molecule has 0 saturated carbocycles. The van der Waals surface area contributed by atoms with Crippen LogP contribution in [0.2, 0.25) is 0 Å². The van der Waals surface area contributed by atoms with Crippen molar-refractivity contribution >= 4 is 11.6 Å². The molecule has 6 heteroatoms. The molecule has 1 aliphatic rings. The molecule has 0 amide bonds. The number of nitrogens with one attached hydrogen (secondary N) is 1. The van der Waals surface area contributed by atoms with Gasteiger partial charge in [-0.15, -0.1) is 5.10 Å². The Morgan fingerprint density at radius 2 is 2.20 bits per heavy atom. The zero-order chi connectivity index (χ0) is 13.9. The van der Waals surface area contributed by atoms with Gasteiger partial charge >= 0.3 is 0 Å². The summed E-state index contributed by atoms with van der Waals surface area (Å²) in [6.45, 7) is 8.86. The Balaban J connectivity index is 1.64. The number of pyridine rings is 1. The molecule has 20 heavy (non-hydrogen) atoms. The van der Waals surface area contributed by atoms with Crippen molar-refractivity contribution in [1.82, 2.24) is 19.5 Å². The fourth-order valence-corrected chi connectivity index (χ4v) is 2.54. The lowest BCUT2D eigenvalue weighted by molar-refractivity contribution is 0.0368. The normalized spacial score (nSPS) is 18.3. The number of nitrogens with zero attached hydrogens (tertiary/aromatic N) is 4. The summed E-state index contributed by atoms with van der Waals surface area (Å²) in [6, 6.07) is 4.34. The van der Waals surface area contributed by atoms with E-state index in [9.17, 15) is 0 Å².